The molecule has 0 heterocycles. The number of rotatable bonds is 10. The molecule has 0 spiro atoms. The molecule has 25 heavy (non-hydrogen) atoms. The predicted octanol–water partition coefficient (Wildman–Crippen LogP) is 3.13. The summed E-state index contributed by atoms with van der Waals surface area (Å²) in [6.45, 7) is 6.26. The first-order chi connectivity index (χ1) is 11.6. The zero-order valence-corrected chi connectivity index (χ0v) is 17.5. The minimum Gasteiger partial charge on any atom is -0.383 e. The summed E-state index contributed by atoms with van der Waals surface area (Å²) >= 11 is 0. The summed E-state index contributed by atoms with van der Waals surface area (Å²) in [5, 5.41) is 17.1. The Kier molecular flexibility index (Phi) is 13.0. The highest BCUT2D eigenvalue weighted by Crippen LogP contribution is 2.13. The molecule has 0 saturated carbocycles. The van der Waals surface area contributed by atoms with Crippen molar-refractivity contribution in [1.29, 1.82) is 0 Å². The average Bonchev–Trinajstić information content (AvgIpc) is 2.55. The Hall–Kier alpha value is -1.42. The van der Waals surface area contributed by atoms with Crippen molar-refractivity contribution in [3.05, 3.63) is 39.9 Å². The molecular formula is C17H29IN4O3. The smallest absolute Gasteiger partial charge is 0.269 e. The van der Waals surface area contributed by atoms with Gasteiger partial charge in [0.1, 0.15) is 0 Å². The standard InChI is InChI=1S/C17H28N4O3.HI/c1-4-18-17(20-14(2)13-24-3)19-12-6-5-7-15-8-10-16(11-9-15)21(22)23;/h8-11,14H,4-7,12-13H2,1-3H3,(H2,18,19,20);1H. The van der Waals surface area contributed by atoms with E-state index in [1.807, 2.05) is 26.0 Å². The summed E-state index contributed by atoms with van der Waals surface area (Å²) in [6.07, 6.45) is 2.86. The van der Waals surface area contributed by atoms with E-state index in [1.165, 1.54) is 0 Å². The zero-order chi connectivity index (χ0) is 17.8. The van der Waals surface area contributed by atoms with E-state index in [0.717, 1.165) is 43.9 Å². The van der Waals surface area contributed by atoms with Gasteiger partial charge in [-0.1, -0.05) is 12.1 Å². The Bertz CT molecular complexity index is 523. The van der Waals surface area contributed by atoms with Crippen LogP contribution in [0.1, 0.15) is 32.3 Å². The number of nitro groups is 1. The minimum absolute atomic E-state index is 0. The highest BCUT2D eigenvalue weighted by molar-refractivity contribution is 14.0. The van der Waals surface area contributed by atoms with Crippen molar-refractivity contribution in [3.8, 4) is 0 Å². The van der Waals surface area contributed by atoms with Crippen LogP contribution in [0, 0.1) is 10.1 Å². The molecule has 0 aliphatic heterocycles. The molecule has 1 aromatic carbocycles. The van der Waals surface area contributed by atoms with Crippen molar-refractivity contribution < 1.29 is 9.66 Å². The largest absolute Gasteiger partial charge is 0.383 e. The normalized spacial score (nSPS) is 12.2. The van der Waals surface area contributed by atoms with Gasteiger partial charge in [-0.25, -0.2) is 0 Å². The summed E-state index contributed by atoms with van der Waals surface area (Å²) in [5.74, 6) is 0.803. The molecule has 1 unspecified atom stereocenters. The fourth-order valence-corrected chi connectivity index (χ4v) is 2.26. The van der Waals surface area contributed by atoms with E-state index in [-0.39, 0.29) is 40.6 Å². The van der Waals surface area contributed by atoms with Gasteiger partial charge in [-0.3, -0.25) is 15.1 Å². The molecule has 1 atom stereocenters. The number of hydrogen-bond acceptors (Lipinski definition) is 4. The maximum absolute atomic E-state index is 10.6. The van der Waals surface area contributed by atoms with E-state index in [1.54, 1.807) is 19.2 Å². The number of guanidine groups is 1. The number of nitrogens with one attached hydrogen (secondary N) is 2. The van der Waals surface area contributed by atoms with E-state index in [4.69, 9.17) is 4.74 Å². The average molecular weight is 464 g/mol. The number of hydrogen-bond donors (Lipinski definition) is 2. The van der Waals surface area contributed by atoms with Crippen LogP contribution in [0.2, 0.25) is 0 Å². The highest BCUT2D eigenvalue weighted by Gasteiger charge is 2.05. The van der Waals surface area contributed by atoms with Crippen LogP contribution >= 0.6 is 24.0 Å². The lowest BCUT2D eigenvalue weighted by Crippen LogP contribution is -2.44. The van der Waals surface area contributed by atoms with Crippen molar-refractivity contribution in [2.24, 2.45) is 4.99 Å². The van der Waals surface area contributed by atoms with Crippen LogP contribution in [0.25, 0.3) is 0 Å². The number of halogens is 1. The fraction of sp³-hybridized carbons (Fsp3) is 0.588. The summed E-state index contributed by atoms with van der Waals surface area (Å²) in [6, 6.07) is 6.95. The van der Waals surface area contributed by atoms with Crippen molar-refractivity contribution in [1.82, 2.24) is 10.6 Å². The molecule has 0 saturated heterocycles. The summed E-state index contributed by atoms with van der Waals surface area (Å²) in [5.41, 5.74) is 1.25. The summed E-state index contributed by atoms with van der Waals surface area (Å²) in [4.78, 5) is 14.8. The molecular weight excluding hydrogens is 435 g/mol. The van der Waals surface area contributed by atoms with E-state index in [9.17, 15) is 10.1 Å². The van der Waals surface area contributed by atoms with Crippen LogP contribution in [0.5, 0.6) is 0 Å². The first-order valence-electron chi connectivity index (χ1n) is 8.34. The Morgan fingerprint density at radius 1 is 1.32 bits per heavy atom. The summed E-state index contributed by atoms with van der Waals surface area (Å²) < 4.78 is 5.11. The van der Waals surface area contributed by atoms with Gasteiger partial charge in [-0.05, 0) is 38.7 Å². The third-order valence-corrected chi connectivity index (χ3v) is 3.43. The van der Waals surface area contributed by atoms with Gasteiger partial charge in [0.05, 0.1) is 11.5 Å². The lowest BCUT2D eigenvalue weighted by Gasteiger charge is -2.16. The predicted molar refractivity (Wildman–Crippen MR) is 112 cm³/mol. The first kappa shape index (κ1) is 23.6. The Morgan fingerprint density at radius 3 is 2.56 bits per heavy atom. The van der Waals surface area contributed by atoms with Crippen LogP contribution in [0.15, 0.2) is 29.3 Å². The van der Waals surface area contributed by atoms with Crippen LogP contribution < -0.4 is 10.6 Å². The van der Waals surface area contributed by atoms with Gasteiger partial charge in [-0.15, -0.1) is 24.0 Å². The molecule has 0 amide bonds. The Balaban J connectivity index is 0.00000576. The van der Waals surface area contributed by atoms with Crippen molar-refractivity contribution >= 4 is 35.6 Å². The number of aliphatic imine (C=N–C) groups is 1. The molecule has 1 aromatic rings. The topological polar surface area (TPSA) is 88.8 Å². The molecule has 0 aliphatic carbocycles. The number of aryl methyl sites for hydroxylation is 1. The molecule has 1 rings (SSSR count). The SMILES string of the molecule is CCNC(=NCCCCc1ccc([N+](=O)[O-])cc1)NC(C)COC.I. The van der Waals surface area contributed by atoms with E-state index >= 15 is 0 Å². The van der Waals surface area contributed by atoms with E-state index in [2.05, 4.69) is 15.6 Å². The number of benzene rings is 1. The van der Waals surface area contributed by atoms with E-state index < -0.39 is 0 Å². The second-order valence-electron chi connectivity index (χ2n) is 5.64. The maximum Gasteiger partial charge on any atom is 0.269 e. The zero-order valence-electron chi connectivity index (χ0n) is 15.2. The van der Waals surface area contributed by atoms with Gasteiger partial charge in [0.25, 0.3) is 5.69 Å². The van der Waals surface area contributed by atoms with E-state index in [0.29, 0.717) is 6.61 Å². The van der Waals surface area contributed by atoms with Crippen LogP contribution in [0.4, 0.5) is 5.69 Å². The van der Waals surface area contributed by atoms with Crippen molar-refractivity contribution in [2.45, 2.75) is 39.2 Å². The number of ether oxygens (including phenoxy) is 1. The number of methoxy groups -OCH3 is 1. The maximum atomic E-state index is 10.6. The molecule has 2 N–H and O–H groups in total. The van der Waals surface area contributed by atoms with Crippen molar-refractivity contribution in [2.75, 3.05) is 26.8 Å². The first-order valence-corrected chi connectivity index (χ1v) is 8.34. The molecule has 7 nitrogen and oxygen atoms in total. The van der Waals surface area contributed by atoms with Gasteiger partial charge in [0, 0.05) is 38.4 Å². The molecule has 0 aromatic heterocycles. The number of nitrogens with zero attached hydrogens (tertiary/aromatic N) is 2. The molecule has 0 fully saturated rings. The van der Waals surface area contributed by atoms with Crippen LogP contribution in [0.3, 0.4) is 0 Å². The molecule has 8 heteroatoms. The minimum atomic E-state index is -0.377. The summed E-state index contributed by atoms with van der Waals surface area (Å²) in [7, 11) is 1.68. The van der Waals surface area contributed by atoms with Gasteiger partial charge in [-0.2, -0.15) is 0 Å². The molecule has 0 bridgehead atoms. The molecule has 0 radical (unpaired) electrons. The Labute approximate surface area is 166 Å². The van der Waals surface area contributed by atoms with Crippen LogP contribution in [-0.4, -0.2) is 43.7 Å². The number of non-ortho nitro benzene ring substituents is 1. The second-order valence-corrected chi connectivity index (χ2v) is 5.64. The quantitative estimate of drug-likeness (QED) is 0.139. The number of nitro benzene ring substituents is 1. The third-order valence-electron chi connectivity index (χ3n) is 3.43. The second kappa shape index (κ2) is 13.8. The molecule has 142 valence electrons. The van der Waals surface area contributed by atoms with Gasteiger partial charge >= 0.3 is 0 Å². The third kappa shape index (κ3) is 10.2. The van der Waals surface area contributed by atoms with Gasteiger partial charge in [0.15, 0.2) is 5.96 Å². The lowest BCUT2D eigenvalue weighted by molar-refractivity contribution is -0.384. The van der Waals surface area contributed by atoms with Crippen LogP contribution in [-0.2, 0) is 11.2 Å². The van der Waals surface area contributed by atoms with Crippen molar-refractivity contribution in [3.63, 3.8) is 0 Å². The Morgan fingerprint density at radius 2 is 2.00 bits per heavy atom. The highest BCUT2D eigenvalue weighted by atomic mass is 127. The lowest BCUT2D eigenvalue weighted by atomic mass is 10.1. The fourth-order valence-electron chi connectivity index (χ4n) is 2.26. The monoisotopic (exact) mass is 464 g/mol. The molecule has 0 aliphatic rings. The van der Waals surface area contributed by atoms with Gasteiger partial charge < -0.3 is 15.4 Å². The number of unbranched alkanes of at least 4 members (excludes halogenated alkanes) is 1. The van der Waals surface area contributed by atoms with Gasteiger partial charge in [0.2, 0.25) is 0 Å².